The van der Waals surface area contributed by atoms with Gasteiger partial charge < -0.3 is 9.84 Å². The van der Waals surface area contributed by atoms with Crippen LogP contribution in [0, 0.1) is 11.8 Å². The molecule has 1 heterocycles. The van der Waals surface area contributed by atoms with E-state index >= 15 is 0 Å². The summed E-state index contributed by atoms with van der Waals surface area (Å²) < 4.78 is 27.9. The van der Waals surface area contributed by atoms with Gasteiger partial charge in [-0.05, 0) is 5.56 Å². The number of carbonyl (C=O) groups is 2. The van der Waals surface area contributed by atoms with Crippen LogP contribution in [0.5, 0.6) is 0 Å². The molecule has 0 radical (unpaired) electrons. The molecule has 1 saturated heterocycles. The Hall–Kier alpha value is -1.89. The van der Waals surface area contributed by atoms with Crippen LogP contribution in [0.3, 0.4) is 0 Å². The molecule has 6 nitrogen and oxygen atoms in total. The standard InChI is InChI=1S/C13H14O6S/c14-12(15)10-7-20(17,18)8-11(10)13(16)19-6-9-4-2-1-3-5-9/h1-5,10-11H,6-8H2,(H,14,15)/t10-,11?/m1/s1. The van der Waals surface area contributed by atoms with E-state index in [0.29, 0.717) is 0 Å². The van der Waals surface area contributed by atoms with Crippen LogP contribution < -0.4 is 0 Å². The first-order valence-corrected chi connectivity index (χ1v) is 7.85. The SMILES string of the molecule is O=C(OCc1ccccc1)C1CS(=O)(=O)C[C@H]1C(=O)O. The van der Waals surface area contributed by atoms with Crippen molar-refractivity contribution in [1.29, 1.82) is 0 Å². The molecule has 0 aliphatic carbocycles. The average molecular weight is 298 g/mol. The van der Waals surface area contributed by atoms with Gasteiger partial charge in [-0.2, -0.15) is 0 Å². The molecule has 2 rings (SSSR count). The molecule has 1 fully saturated rings. The summed E-state index contributed by atoms with van der Waals surface area (Å²) in [5.41, 5.74) is 0.758. The average Bonchev–Trinajstić information content (AvgIpc) is 2.74. The van der Waals surface area contributed by atoms with Gasteiger partial charge in [-0.15, -0.1) is 0 Å². The molecule has 108 valence electrons. The Morgan fingerprint density at radius 1 is 1.15 bits per heavy atom. The molecule has 20 heavy (non-hydrogen) atoms. The van der Waals surface area contributed by atoms with Gasteiger partial charge in [0.1, 0.15) is 6.61 Å². The monoisotopic (exact) mass is 298 g/mol. The number of carbonyl (C=O) groups excluding carboxylic acids is 1. The van der Waals surface area contributed by atoms with Crippen molar-refractivity contribution in [3.8, 4) is 0 Å². The number of esters is 1. The zero-order chi connectivity index (χ0) is 14.8. The highest BCUT2D eigenvalue weighted by atomic mass is 32.2. The third-order valence-electron chi connectivity index (χ3n) is 3.20. The number of sulfone groups is 1. The van der Waals surface area contributed by atoms with Crippen LogP contribution in [0.4, 0.5) is 0 Å². The van der Waals surface area contributed by atoms with Crippen LogP contribution in [0.1, 0.15) is 5.56 Å². The summed E-state index contributed by atoms with van der Waals surface area (Å²) in [5.74, 6) is -5.37. The summed E-state index contributed by atoms with van der Waals surface area (Å²) in [6.07, 6.45) is 0. The molecule has 1 aromatic rings. The number of carboxylic acid groups (broad SMARTS) is 1. The Morgan fingerprint density at radius 2 is 1.75 bits per heavy atom. The van der Waals surface area contributed by atoms with E-state index in [-0.39, 0.29) is 6.61 Å². The van der Waals surface area contributed by atoms with Gasteiger partial charge in [0.2, 0.25) is 0 Å². The van der Waals surface area contributed by atoms with Crippen molar-refractivity contribution in [1.82, 2.24) is 0 Å². The van der Waals surface area contributed by atoms with Crippen molar-refractivity contribution in [2.75, 3.05) is 11.5 Å². The highest BCUT2D eigenvalue weighted by Gasteiger charge is 2.46. The van der Waals surface area contributed by atoms with Gasteiger partial charge >= 0.3 is 11.9 Å². The highest BCUT2D eigenvalue weighted by Crippen LogP contribution is 2.27. The maximum Gasteiger partial charge on any atom is 0.311 e. The third-order valence-corrected chi connectivity index (χ3v) is 4.93. The van der Waals surface area contributed by atoms with Crippen LogP contribution in [-0.4, -0.2) is 37.0 Å². The quantitative estimate of drug-likeness (QED) is 0.812. The Morgan fingerprint density at radius 3 is 2.35 bits per heavy atom. The van der Waals surface area contributed by atoms with Crippen LogP contribution >= 0.6 is 0 Å². The van der Waals surface area contributed by atoms with Crippen molar-refractivity contribution in [3.63, 3.8) is 0 Å². The molecule has 1 aliphatic rings. The van der Waals surface area contributed by atoms with Crippen molar-refractivity contribution in [2.24, 2.45) is 11.8 Å². The number of hydrogen-bond acceptors (Lipinski definition) is 5. The Labute approximate surface area is 116 Å². The lowest BCUT2D eigenvalue weighted by Gasteiger charge is -2.13. The van der Waals surface area contributed by atoms with E-state index in [1.165, 1.54) is 0 Å². The van der Waals surface area contributed by atoms with Crippen molar-refractivity contribution in [3.05, 3.63) is 35.9 Å². The van der Waals surface area contributed by atoms with Crippen LogP contribution in [0.25, 0.3) is 0 Å². The zero-order valence-electron chi connectivity index (χ0n) is 10.6. The molecule has 2 atom stereocenters. The van der Waals surface area contributed by atoms with Gasteiger partial charge in [0.05, 0.1) is 23.3 Å². The number of rotatable bonds is 4. The molecule has 1 N–H and O–H groups in total. The summed E-state index contributed by atoms with van der Waals surface area (Å²) in [6, 6.07) is 8.89. The lowest BCUT2D eigenvalue weighted by molar-refractivity contribution is -0.156. The van der Waals surface area contributed by atoms with Crippen LogP contribution in [0.15, 0.2) is 30.3 Å². The Bertz CT molecular complexity index is 607. The normalized spacial score (nSPS) is 24.2. The second-order valence-electron chi connectivity index (χ2n) is 4.72. The van der Waals surface area contributed by atoms with Gasteiger partial charge in [-0.25, -0.2) is 8.42 Å². The predicted octanol–water partition coefficient (Wildman–Crippen LogP) is 0.475. The lowest BCUT2D eigenvalue weighted by atomic mass is 9.96. The number of aliphatic carboxylic acids is 1. The first-order valence-electron chi connectivity index (χ1n) is 6.03. The van der Waals surface area contributed by atoms with Gasteiger partial charge in [-0.1, -0.05) is 30.3 Å². The first kappa shape index (κ1) is 14.5. The molecule has 0 bridgehead atoms. The van der Waals surface area contributed by atoms with Gasteiger partial charge in [0.25, 0.3) is 0 Å². The molecular weight excluding hydrogens is 284 g/mol. The molecule has 1 aliphatic heterocycles. The molecular formula is C13H14O6S. The topological polar surface area (TPSA) is 97.7 Å². The summed E-state index contributed by atoms with van der Waals surface area (Å²) in [5, 5.41) is 8.98. The summed E-state index contributed by atoms with van der Waals surface area (Å²) in [7, 11) is -3.50. The van der Waals surface area contributed by atoms with E-state index in [9.17, 15) is 18.0 Å². The maximum atomic E-state index is 11.9. The molecule has 1 unspecified atom stereocenters. The second-order valence-corrected chi connectivity index (χ2v) is 6.88. The van der Waals surface area contributed by atoms with Crippen LogP contribution in [-0.2, 0) is 30.8 Å². The zero-order valence-corrected chi connectivity index (χ0v) is 11.4. The second kappa shape index (κ2) is 5.62. The van der Waals surface area contributed by atoms with E-state index in [0.717, 1.165) is 5.56 Å². The minimum absolute atomic E-state index is 0.00254. The Kier molecular flexibility index (Phi) is 4.08. The fourth-order valence-corrected chi connectivity index (χ4v) is 4.13. The maximum absolute atomic E-state index is 11.9. The third kappa shape index (κ3) is 3.36. The minimum atomic E-state index is -3.50. The number of benzene rings is 1. The van der Waals surface area contributed by atoms with E-state index < -0.39 is 45.1 Å². The fraction of sp³-hybridized carbons (Fsp3) is 0.385. The van der Waals surface area contributed by atoms with Gasteiger partial charge in [-0.3, -0.25) is 9.59 Å². The summed E-state index contributed by atoms with van der Waals surface area (Å²) in [6.45, 7) is 0.00254. The van der Waals surface area contributed by atoms with Crippen LogP contribution in [0.2, 0.25) is 0 Å². The first-order chi connectivity index (χ1) is 9.39. The van der Waals surface area contributed by atoms with E-state index in [1.807, 2.05) is 6.07 Å². The van der Waals surface area contributed by atoms with Gasteiger partial charge in [0.15, 0.2) is 9.84 Å². The lowest BCUT2D eigenvalue weighted by Crippen LogP contribution is -2.29. The van der Waals surface area contributed by atoms with E-state index in [4.69, 9.17) is 9.84 Å². The largest absolute Gasteiger partial charge is 0.481 e. The number of ether oxygens (including phenoxy) is 1. The van der Waals surface area contributed by atoms with E-state index in [2.05, 4.69) is 0 Å². The molecule has 0 saturated carbocycles. The van der Waals surface area contributed by atoms with Crippen molar-refractivity contribution < 1.29 is 27.9 Å². The van der Waals surface area contributed by atoms with Crippen molar-refractivity contribution >= 4 is 21.8 Å². The molecule has 0 spiro atoms. The molecule has 0 aromatic heterocycles. The van der Waals surface area contributed by atoms with Crippen molar-refractivity contribution in [2.45, 2.75) is 6.61 Å². The fourth-order valence-electron chi connectivity index (χ4n) is 2.16. The van der Waals surface area contributed by atoms with E-state index in [1.54, 1.807) is 24.3 Å². The molecule has 0 amide bonds. The Balaban J connectivity index is 2.03. The predicted molar refractivity (Wildman–Crippen MR) is 69.5 cm³/mol. The van der Waals surface area contributed by atoms with Gasteiger partial charge in [0, 0.05) is 0 Å². The highest BCUT2D eigenvalue weighted by molar-refractivity contribution is 7.91. The molecule has 1 aromatic carbocycles. The number of carboxylic acids is 1. The molecule has 7 heteroatoms. The smallest absolute Gasteiger partial charge is 0.311 e. The summed E-state index contributed by atoms with van der Waals surface area (Å²) >= 11 is 0. The summed E-state index contributed by atoms with van der Waals surface area (Å²) in [4.78, 5) is 22.9. The minimum Gasteiger partial charge on any atom is -0.481 e. The number of hydrogen-bond donors (Lipinski definition) is 1.